The van der Waals surface area contributed by atoms with Crippen LogP contribution in [0.2, 0.25) is 19.6 Å². The third-order valence-corrected chi connectivity index (χ3v) is 11.5. The van der Waals surface area contributed by atoms with Gasteiger partial charge in [0.05, 0.1) is 13.7 Å². The van der Waals surface area contributed by atoms with Gasteiger partial charge in [-0.2, -0.15) is 0 Å². The predicted molar refractivity (Wildman–Crippen MR) is 199 cm³/mol. The molecule has 3 nitrogen and oxygen atoms in total. The maximum Gasteiger partial charge on any atom is 0.125 e. The van der Waals surface area contributed by atoms with E-state index >= 15 is 0 Å². The molecule has 0 fully saturated rings. The molecular weight excluding hydrogens is 781 g/mol. The number of aromatic nitrogens is 2. The summed E-state index contributed by atoms with van der Waals surface area (Å²) < 4.78 is 6.68. The van der Waals surface area contributed by atoms with E-state index in [1.165, 1.54) is 33.0 Å². The second-order valence-corrected chi connectivity index (χ2v) is 19.4. The largest absolute Gasteiger partial charge is 0.500 e. The zero-order chi connectivity index (χ0) is 32.9. The Bertz CT molecular complexity index is 2230. The molecule has 0 aliphatic heterocycles. The Morgan fingerprint density at radius 3 is 2.21 bits per heavy atom. The zero-order valence-corrected chi connectivity index (χ0v) is 32.0. The van der Waals surface area contributed by atoms with Crippen molar-refractivity contribution in [2.24, 2.45) is 0 Å². The van der Waals surface area contributed by atoms with Gasteiger partial charge in [-0.05, 0) is 45.2 Å². The minimum Gasteiger partial charge on any atom is -0.500 e. The molecule has 0 unspecified atom stereocenters. The van der Waals surface area contributed by atoms with Gasteiger partial charge in [0.15, 0.2) is 0 Å². The Balaban J connectivity index is 0.000000201. The van der Waals surface area contributed by atoms with Crippen molar-refractivity contribution in [1.82, 2.24) is 9.97 Å². The first-order chi connectivity index (χ1) is 22.5. The molecule has 0 saturated heterocycles. The number of furan rings is 1. The molecule has 5 heteroatoms. The Hall–Kier alpha value is -4.15. The van der Waals surface area contributed by atoms with E-state index < -0.39 is 8.07 Å². The van der Waals surface area contributed by atoms with Gasteiger partial charge in [-0.25, -0.2) is 0 Å². The van der Waals surface area contributed by atoms with Crippen LogP contribution in [0.25, 0.3) is 55.6 Å². The molecule has 243 valence electrons. The summed E-state index contributed by atoms with van der Waals surface area (Å²) in [4.78, 5) is 9.17. The molecule has 0 spiro atoms. The molecule has 0 atom stereocenters. The van der Waals surface area contributed by atoms with Gasteiger partial charge in [-0.1, -0.05) is 118 Å². The van der Waals surface area contributed by atoms with E-state index in [1.807, 2.05) is 42.7 Å². The van der Waals surface area contributed by atoms with Gasteiger partial charge < -0.3 is 14.4 Å². The minimum atomic E-state index is -1.23. The van der Waals surface area contributed by atoms with E-state index in [0.29, 0.717) is 5.92 Å². The van der Waals surface area contributed by atoms with Crippen molar-refractivity contribution in [3.63, 3.8) is 0 Å². The third-order valence-electron chi connectivity index (χ3n) is 9.44. The van der Waals surface area contributed by atoms with Crippen LogP contribution >= 0.6 is 0 Å². The van der Waals surface area contributed by atoms with Crippen LogP contribution in [0.15, 0.2) is 114 Å². The molecule has 1 aliphatic carbocycles. The molecule has 0 amide bonds. The van der Waals surface area contributed by atoms with Crippen molar-refractivity contribution in [2.75, 3.05) is 0 Å². The average molecular weight is 821 g/mol. The summed E-state index contributed by atoms with van der Waals surface area (Å²) >= 11 is 0. The van der Waals surface area contributed by atoms with Crippen molar-refractivity contribution < 1.29 is 24.5 Å². The van der Waals surface area contributed by atoms with E-state index in [2.05, 4.69) is 136 Å². The van der Waals surface area contributed by atoms with Crippen LogP contribution in [0.3, 0.4) is 0 Å². The molecule has 7 aromatic rings. The summed E-state index contributed by atoms with van der Waals surface area (Å²) in [5.74, 6) is 0.444. The predicted octanol–water partition coefficient (Wildman–Crippen LogP) is 11.0. The summed E-state index contributed by atoms with van der Waals surface area (Å²) in [6.07, 6.45) is 3.90. The van der Waals surface area contributed by atoms with E-state index in [-0.39, 0.29) is 25.5 Å². The summed E-state index contributed by atoms with van der Waals surface area (Å²) in [6.45, 7) is 16.0. The molecule has 1 radical (unpaired) electrons. The standard InChI is InChI=1S/C29H24NO.C14H16NSi.Ir/c1-17(2)18-14-15-30-25(16-18)23-10-7-9-21-22-13-12-20-19-8-5-6-11-24(19)29(3,4)26(20)28(22)31-27(21)23;1-16(2,3)13-9-10-14(15-11-13)12-7-5-4-6-8-12;/h5-9,11-17H,1-4H3;4-7,9-11H,1-3H3;/q2*-1;. The minimum absolute atomic E-state index is 0. The number of benzene rings is 4. The molecule has 3 heterocycles. The fourth-order valence-corrected chi connectivity index (χ4v) is 7.77. The Morgan fingerprint density at radius 2 is 1.50 bits per heavy atom. The normalized spacial score (nSPS) is 13.1. The van der Waals surface area contributed by atoms with Crippen molar-refractivity contribution in [3.05, 3.63) is 138 Å². The molecule has 0 N–H and O–H groups in total. The smallest absolute Gasteiger partial charge is 0.125 e. The topological polar surface area (TPSA) is 38.9 Å². The van der Waals surface area contributed by atoms with E-state index in [1.54, 1.807) is 0 Å². The molecule has 48 heavy (non-hydrogen) atoms. The van der Waals surface area contributed by atoms with Gasteiger partial charge in [0.2, 0.25) is 0 Å². The summed E-state index contributed by atoms with van der Waals surface area (Å²) in [7, 11) is -1.23. The van der Waals surface area contributed by atoms with Crippen LogP contribution < -0.4 is 5.19 Å². The number of pyridine rings is 2. The number of nitrogens with zero attached hydrogens (tertiary/aromatic N) is 2. The Kier molecular flexibility index (Phi) is 9.17. The maximum atomic E-state index is 6.68. The SMILES string of the molecule is CC(C)c1ccnc(-c2[c-]ccc3c2oc2c4c(ccc23)-c2ccccc2C4(C)C)c1.C[Si](C)(C)c1ccc(-c2[c-]cccc2)nc1.[Ir]. The molecular formula is C43H40IrN2OSi-2. The van der Waals surface area contributed by atoms with Gasteiger partial charge in [0.1, 0.15) is 5.58 Å². The molecule has 0 saturated carbocycles. The van der Waals surface area contributed by atoms with Crippen molar-refractivity contribution >= 4 is 35.2 Å². The first-order valence-electron chi connectivity index (χ1n) is 16.4. The van der Waals surface area contributed by atoms with Gasteiger partial charge in [-0.15, -0.1) is 54.1 Å². The van der Waals surface area contributed by atoms with E-state index in [4.69, 9.17) is 4.42 Å². The second kappa shape index (κ2) is 13.0. The van der Waals surface area contributed by atoms with Crippen LogP contribution in [0.1, 0.15) is 50.3 Å². The summed E-state index contributed by atoms with van der Waals surface area (Å²) in [5, 5.41) is 3.67. The van der Waals surface area contributed by atoms with Crippen LogP contribution in [0.5, 0.6) is 0 Å². The molecule has 8 rings (SSSR count). The van der Waals surface area contributed by atoms with Crippen molar-refractivity contribution in [2.45, 2.75) is 58.7 Å². The van der Waals surface area contributed by atoms with Crippen LogP contribution in [0, 0.1) is 12.1 Å². The second-order valence-electron chi connectivity index (χ2n) is 14.3. The zero-order valence-electron chi connectivity index (χ0n) is 28.6. The summed E-state index contributed by atoms with van der Waals surface area (Å²) in [5.41, 5.74) is 12.1. The van der Waals surface area contributed by atoms with Gasteiger partial charge in [0.25, 0.3) is 0 Å². The van der Waals surface area contributed by atoms with Crippen LogP contribution in [-0.2, 0) is 25.5 Å². The Morgan fingerprint density at radius 1 is 0.729 bits per heavy atom. The monoisotopic (exact) mass is 821 g/mol. The van der Waals surface area contributed by atoms with Crippen molar-refractivity contribution in [1.29, 1.82) is 0 Å². The van der Waals surface area contributed by atoms with E-state index in [9.17, 15) is 0 Å². The van der Waals surface area contributed by atoms with Gasteiger partial charge >= 0.3 is 0 Å². The van der Waals surface area contributed by atoms with Gasteiger partial charge in [0, 0.05) is 48.9 Å². The van der Waals surface area contributed by atoms with Crippen LogP contribution in [-0.4, -0.2) is 18.0 Å². The molecule has 0 bridgehead atoms. The quantitative estimate of drug-likeness (QED) is 0.131. The maximum absolute atomic E-state index is 6.68. The molecule has 4 aromatic carbocycles. The van der Waals surface area contributed by atoms with Crippen molar-refractivity contribution in [3.8, 4) is 33.6 Å². The van der Waals surface area contributed by atoms with E-state index in [0.717, 1.165) is 44.5 Å². The fraction of sp³-hybridized carbons (Fsp3) is 0.209. The third kappa shape index (κ3) is 6.00. The number of fused-ring (bicyclic) bond motifs is 7. The molecule has 3 aromatic heterocycles. The van der Waals surface area contributed by atoms with Gasteiger partial charge in [-0.3, -0.25) is 0 Å². The molecule has 1 aliphatic rings. The van der Waals surface area contributed by atoms with Crippen LogP contribution in [0.4, 0.5) is 0 Å². The number of rotatable bonds is 4. The number of hydrogen-bond donors (Lipinski definition) is 0. The Labute approximate surface area is 298 Å². The fourth-order valence-electron chi connectivity index (χ4n) is 6.73. The summed E-state index contributed by atoms with van der Waals surface area (Å²) in [6, 6.07) is 40.4. The average Bonchev–Trinajstić information content (AvgIpc) is 3.57. The number of hydrogen-bond acceptors (Lipinski definition) is 3. The first kappa shape index (κ1) is 33.7. The first-order valence-corrected chi connectivity index (χ1v) is 19.9.